The first-order chi connectivity index (χ1) is 8.86. The van der Waals surface area contributed by atoms with Crippen molar-refractivity contribution in [3.05, 3.63) is 18.1 Å². The van der Waals surface area contributed by atoms with Crippen molar-refractivity contribution in [3.8, 4) is 11.6 Å². The van der Waals surface area contributed by atoms with E-state index in [1.165, 1.54) is 6.42 Å². The molecule has 0 radical (unpaired) electrons. The number of aryl methyl sites for hydroxylation is 1. The fourth-order valence-electron chi connectivity index (χ4n) is 2.23. The lowest BCUT2D eigenvalue weighted by Crippen LogP contribution is -2.28. The van der Waals surface area contributed by atoms with Crippen LogP contribution in [0.3, 0.4) is 0 Å². The van der Waals surface area contributed by atoms with Crippen molar-refractivity contribution in [3.63, 3.8) is 0 Å². The fraction of sp³-hybridized carbons (Fsp3) is 0.583. The summed E-state index contributed by atoms with van der Waals surface area (Å²) in [5.41, 5.74) is 0.749. The van der Waals surface area contributed by atoms with Crippen LogP contribution in [0.25, 0.3) is 11.6 Å². The molecule has 96 valence electrons. The van der Waals surface area contributed by atoms with E-state index in [1.54, 1.807) is 0 Å². The Morgan fingerprint density at radius 2 is 2.50 bits per heavy atom. The fourth-order valence-corrected chi connectivity index (χ4v) is 2.23. The predicted octanol–water partition coefficient (Wildman–Crippen LogP) is 1.42. The van der Waals surface area contributed by atoms with Crippen LogP contribution in [0.1, 0.15) is 31.5 Å². The van der Waals surface area contributed by atoms with Crippen molar-refractivity contribution in [1.29, 1.82) is 0 Å². The van der Waals surface area contributed by atoms with Gasteiger partial charge in [0.25, 0.3) is 5.89 Å². The van der Waals surface area contributed by atoms with Crippen LogP contribution in [0, 0.1) is 0 Å². The van der Waals surface area contributed by atoms with E-state index in [0.717, 1.165) is 37.6 Å². The van der Waals surface area contributed by atoms with Gasteiger partial charge in [-0.05, 0) is 32.4 Å². The number of aromatic nitrogens is 4. The molecule has 2 aromatic rings. The molecule has 18 heavy (non-hydrogen) atoms. The van der Waals surface area contributed by atoms with Gasteiger partial charge in [-0.3, -0.25) is 4.68 Å². The highest BCUT2D eigenvalue weighted by Crippen LogP contribution is 2.23. The number of rotatable bonds is 3. The summed E-state index contributed by atoms with van der Waals surface area (Å²) in [6.45, 7) is 4.90. The van der Waals surface area contributed by atoms with Crippen molar-refractivity contribution in [2.24, 2.45) is 0 Å². The van der Waals surface area contributed by atoms with Gasteiger partial charge in [-0.25, -0.2) is 0 Å². The molecule has 1 aliphatic heterocycles. The molecular weight excluding hydrogens is 230 g/mol. The van der Waals surface area contributed by atoms with Crippen LogP contribution in [0.5, 0.6) is 0 Å². The van der Waals surface area contributed by atoms with Crippen LogP contribution in [-0.4, -0.2) is 33.0 Å². The zero-order chi connectivity index (χ0) is 12.4. The summed E-state index contributed by atoms with van der Waals surface area (Å²) >= 11 is 0. The molecule has 0 saturated carbocycles. The van der Waals surface area contributed by atoms with Crippen LogP contribution in [0.2, 0.25) is 0 Å². The maximum absolute atomic E-state index is 5.30. The molecule has 3 heterocycles. The summed E-state index contributed by atoms with van der Waals surface area (Å²) in [4.78, 5) is 4.46. The van der Waals surface area contributed by atoms with E-state index in [4.69, 9.17) is 4.52 Å². The number of piperidine rings is 1. The molecule has 2 aromatic heterocycles. The van der Waals surface area contributed by atoms with Crippen LogP contribution in [0.15, 0.2) is 16.8 Å². The molecule has 3 rings (SSSR count). The van der Waals surface area contributed by atoms with Gasteiger partial charge < -0.3 is 9.84 Å². The minimum Gasteiger partial charge on any atom is -0.332 e. The summed E-state index contributed by atoms with van der Waals surface area (Å²) in [7, 11) is 0. The van der Waals surface area contributed by atoms with E-state index < -0.39 is 0 Å². The van der Waals surface area contributed by atoms with Crippen molar-refractivity contribution in [1.82, 2.24) is 25.2 Å². The molecule has 6 nitrogen and oxygen atoms in total. The standard InChI is InChI=1S/C12H17N5O/c1-2-17-7-5-10(15-17)12-14-11(16-18-12)9-4-3-6-13-8-9/h5,7,9,13H,2-4,6,8H2,1H3/t9-/m0/s1. The summed E-state index contributed by atoms with van der Waals surface area (Å²) in [6, 6.07) is 1.90. The molecule has 1 aliphatic rings. The monoisotopic (exact) mass is 247 g/mol. The first kappa shape index (κ1) is 11.4. The maximum atomic E-state index is 5.30. The van der Waals surface area contributed by atoms with E-state index >= 15 is 0 Å². The predicted molar refractivity (Wildman–Crippen MR) is 66.0 cm³/mol. The van der Waals surface area contributed by atoms with Crippen molar-refractivity contribution in [2.45, 2.75) is 32.2 Å². The van der Waals surface area contributed by atoms with Crippen LogP contribution >= 0.6 is 0 Å². The lowest BCUT2D eigenvalue weighted by Gasteiger charge is -2.19. The quantitative estimate of drug-likeness (QED) is 0.888. The van der Waals surface area contributed by atoms with Crippen molar-refractivity contribution in [2.75, 3.05) is 13.1 Å². The van der Waals surface area contributed by atoms with Gasteiger partial charge in [0.1, 0.15) is 0 Å². The molecule has 0 bridgehead atoms. The van der Waals surface area contributed by atoms with Gasteiger partial charge >= 0.3 is 0 Å². The second-order valence-electron chi connectivity index (χ2n) is 4.56. The second-order valence-corrected chi connectivity index (χ2v) is 4.56. The molecular formula is C12H17N5O. The van der Waals surface area contributed by atoms with Crippen LogP contribution in [-0.2, 0) is 6.54 Å². The Labute approximate surface area is 105 Å². The number of nitrogens with zero attached hydrogens (tertiary/aromatic N) is 4. The van der Waals surface area contributed by atoms with Gasteiger partial charge in [-0.1, -0.05) is 5.16 Å². The minimum atomic E-state index is 0.365. The number of nitrogens with one attached hydrogen (secondary N) is 1. The van der Waals surface area contributed by atoms with Crippen LogP contribution < -0.4 is 5.32 Å². The Morgan fingerprint density at radius 1 is 1.56 bits per heavy atom. The Bertz CT molecular complexity index is 512. The average Bonchev–Trinajstić information content (AvgIpc) is 3.08. The van der Waals surface area contributed by atoms with Crippen molar-refractivity contribution < 1.29 is 4.52 Å². The third kappa shape index (κ3) is 2.15. The summed E-state index contributed by atoms with van der Waals surface area (Å²) in [5.74, 6) is 1.68. The second kappa shape index (κ2) is 4.89. The highest BCUT2D eigenvalue weighted by atomic mass is 16.5. The zero-order valence-electron chi connectivity index (χ0n) is 10.5. The highest BCUT2D eigenvalue weighted by molar-refractivity contribution is 5.45. The molecule has 0 amide bonds. The third-order valence-corrected chi connectivity index (χ3v) is 3.29. The van der Waals surface area contributed by atoms with E-state index in [2.05, 4.69) is 20.6 Å². The van der Waals surface area contributed by atoms with Gasteiger partial charge in [0.2, 0.25) is 0 Å². The van der Waals surface area contributed by atoms with Gasteiger partial charge in [0, 0.05) is 25.2 Å². The van der Waals surface area contributed by atoms with Gasteiger partial charge in [-0.2, -0.15) is 10.1 Å². The van der Waals surface area contributed by atoms with Crippen molar-refractivity contribution >= 4 is 0 Å². The largest absolute Gasteiger partial charge is 0.332 e. The molecule has 1 atom stereocenters. The molecule has 0 spiro atoms. The zero-order valence-corrected chi connectivity index (χ0v) is 10.5. The Hall–Kier alpha value is -1.69. The summed E-state index contributed by atoms with van der Waals surface area (Å²) in [6.07, 6.45) is 4.20. The van der Waals surface area contributed by atoms with E-state index in [1.807, 2.05) is 23.9 Å². The average molecular weight is 247 g/mol. The Kier molecular flexibility index (Phi) is 3.10. The lowest BCUT2D eigenvalue weighted by atomic mass is 9.99. The Balaban J connectivity index is 1.79. The molecule has 6 heteroatoms. The molecule has 0 unspecified atom stereocenters. The number of hydrogen-bond donors (Lipinski definition) is 1. The van der Waals surface area contributed by atoms with Crippen LogP contribution in [0.4, 0.5) is 0 Å². The Morgan fingerprint density at radius 3 is 3.22 bits per heavy atom. The lowest BCUT2D eigenvalue weighted by molar-refractivity contribution is 0.392. The molecule has 1 fully saturated rings. The first-order valence-corrected chi connectivity index (χ1v) is 6.45. The molecule has 0 aliphatic carbocycles. The highest BCUT2D eigenvalue weighted by Gasteiger charge is 2.21. The molecule has 1 N–H and O–H groups in total. The summed E-state index contributed by atoms with van der Waals surface area (Å²) in [5, 5.41) is 11.8. The smallest absolute Gasteiger partial charge is 0.278 e. The van der Waals surface area contributed by atoms with E-state index in [9.17, 15) is 0 Å². The minimum absolute atomic E-state index is 0.365. The SMILES string of the molecule is CCn1ccc(-c2nc([C@H]3CCCNC3)no2)n1. The van der Waals surface area contributed by atoms with E-state index in [0.29, 0.717) is 11.8 Å². The number of hydrogen-bond acceptors (Lipinski definition) is 5. The van der Waals surface area contributed by atoms with E-state index in [-0.39, 0.29) is 0 Å². The van der Waals surface area contributed by atoms with Gasteiger partial charge in [0.05, 0.1) is 0 Å². The van der Waals surface area contributed by atoms with Gasteiger partial charge in [-0.15, -0.1) is 0 Å². The molecule has 1 saturated heterocycles. The first-order valence-electron chi connectivity index (χ1n) is 6.45. The topological polar surface area (TPSA) is 68.8 Å². The normalized spacial score (nSPS) is 20.2. The summed E-state index contributed by atoms with van der Waals surface area (Å²) < 4.78 is 7.15. The molecule has 0 aromatic carbocycles. The maximum Gasteiger partial charge on any atom is 0.278 e. The van der Waals surface area contributed by atoms with Gasteiger partial charge in [0.15, 0.2) is 11.5 Å². The third-order valence-electron chi connectivity index (χ3n) is 3.29.